The molecule has 3 aromatic carbocycles. The second-order valence-corrected chi connectivity index (χ2v) is 6.90. The van der Waals surface area contributed by atoms with Gasteiger partial charge in [0.2, 0.25) is 5.91 Å². The summed E-state index contributed by atoms with van der Waals surface area (Å²) in [7, 11) is 1.22. The van der Waals surface area contributed by atoms with Gasteiger partial charge in [-0.2, -0.15) is 13.2 Å². The zero-order chi connectivity index (χ0) is 21.7. The monoisotopic (exact) mass is 415 g/mol. The van der Waals surface area contributed by atoms with Crippen molar-refractivity contribution in [1.29, 1.82) is 0 Å². The molecular formula is C23H20F3NO3. The highest BCUT2D eigenvalue weighted by Crippen LogP contribution is 2.29. The molecule has 3 aromatic rings. The quantitative estimate of drug-likeness (QED) is 0.611. The number of carbonyl (C=O) groups excluding carboxylic acids is 2. The minimum absolute atomic E-state index is 0.200. The van der Waals surface area contributed by atoms with Crippen molar-refractivity contribution < 1.29 is 27.5 Å². The fourth-order valence-corrected chi connectivity index (χ4v) is 3.23. The Kier molecular flexibility index (Phi) is 6.40. The summed E-state index contributed by atoms with van der Waals surface area (Å²) < 4.78 is 43.4. The number of benzene rings is 3. The summed E-state index contributed by atoms with van der Waals surface area (Å²) in [6.45, 7) is 0. The number of hydrogen-bond acceptors (Lipinski definition) is 3. The Morgan fingerprint density at radius 1 is 0.933 bits per heavy atom. The van der Waals surface area contributed by atoms with Crippen LogP contribution in [-0.4, -0.2) is 25.0 Å². The molecule has 0 aliphatic rings. The summed E-state index contributed by atoms with van der Waals surface area (Å²) in [5.41, 5.74) is 0.202. The number of ether oxygens (including phenoxy) is 1. The van der Waals surface area contributed by atoms with E-state index in [9.17, 15) is 22.8 Å². The van der Waals surface area contributed by atoms with Crippen molar-refractivity contribution in [3.05, 3.63) is 83.4 Å². The van der Waals surface area contributed by atoms with Crippen molar-refractivity contribution >= 4 is 22.6 Å². The van der Waals surface area contributed by atoms with Crippen LogP contribution < -0.4 is 5.32 Å². The number of rotatable bonds is 6. The van der Waals surface area contributed by atoms with Gasteiger partial charge in [0.05, 0.1) is 19.1 Å². The van der Waals surface area contributed by atoms with E-state index in [0.29, 0.717) is 0 Å². The topological polar surface area (TPSA) is 55.4 Å². The lowest BCUT2D eigenvalue weighted by molar-refractivity contribution is -0.145. The van der Waals surface area contributed by atoms with Gasteiger partial charge >= 0.3 is 12.1 Å². The first-order valence-corrected chi connectivity index (χ1v) is 9.27. The van der Waals surface area contributed by atoms with E-state index >= 15 is 0 Å². The van der Waals surface area contributed by atoms with E-state index in [1.54, 1.807) is 0 Å². The molecule has 0 heterocycles. The number of fused-ring (bicyclic) bond motifs is 1. The number of methoxy groups -OCH3 is 1. The van der Waals surface area contributed by atoms with Crippen LogP contribution in [-0.2, 0) is 33.3 Å². The third-order valence-electron chi connectivity index (χ3n) is 4.69. The molecule has 156 valence electrons. The highest BCUT2D eigenvalue weighted by atomic mass is 19.4. The number of halogens is 3. The molecule has 7 heteroatoms. The lowest BCUT2D eigenvalue weighted by Crippen LogP contribution is -2.43. The molecule has 0 radical (unpaired) electrons. The first kappa shape index (κ1) is 21.4. The van der Waals surface area contributed by atoms with Gasteiger partial charge in [0, 0.05) is 6.42 Å². The van der Waals surface area contributed by atoms with Gasteiger partial charge in [0.25, 0.3) is 0 Å². The zero-order valence-corrected chi connectivity index (χ0v) is 16.2. The molecule has 30 heavy (non-hydrogen) atoms. The normalized spacial score (nSPS) is 12.4. The molecule has 1 N–H and O–H groups in total. The second kappa shape index (κ2) is 8.98. The van der Waals surface area contributed by atoms with E-state index in [1.165, 1.54) is 19.2 Å². The smallest absolute Gasteiger partial charge is 0.416 e. The third-order valence-corrected chi connectivity index (χ3v) is 4.69. The average Bonchev–Trinajstić information content (AvgIpc) is 2.72. The summed E-state index contributed by atoms with van der Waals surface area (Å²) in [6, 6.07) is 17.0. The number of esters is 1. The Bertz CT molecular complexity index is 1060. The lowest BCUT2D eigenvalue weighted by atomic mass is 10.0. The predicted molar refractivity (Wildman–Crippen MR) is 107 cm³/mol. The maximum atomic E-state index is 12.9. The molecule has 0 aliphatic heterocycles. The largest absolute Gasteiger partial charge is 0.467 e. The molecule has 0 aromatic heterocycles. The first-order valence-electron chi connectivity index (χ1n) is 9.27. The van der Waals surface area contributed by atoms with Crippen LogP contribution in [0.25, 0.3) is 10.8 Å². The summed E-state index contributed by atoms with van der Waals surface area (Å²) >= 11 is 0. The van der Waals surface area contributed by atoms with Crippen molar-refractivity contribution in [2.24, 2.45) is 0 Å². The summed E-state index contributed by atoms with van der Waals surface area (Å²) in [5.74, 6) is -1.19. The van der Waals surface area contributed by atoms with E-state index in [1.807, 2.05) is 42.5 Å². The number of carbonyl (C=O) groups is 2. The number of hydrogen-bond donors (Lipinski definition) is 1. The van der Waals surface area contributed by atoms with E-state index < -0.39 is 29.7 Å². The molecule has 1 amide bonds. The van der Waals surface area contributed by atoms with Crippen LogP contribution in [0.2, 0.25) is 0 Å². The minimum Gasteiger partial charge on any atom is -0.467 e. The van der Waals surface area contributed by atoms with Crippen LogP contribution in [0.4, 0.5) is 13.2 Å². The number of nitrogens with one attached hydrogen (secondary N) is 1. The van der Waals surface area contributed by atoms with Gasteiger partial charge < -0.3 is 10.1 Å². The average molecular weight is 415 g/mol. The molecule has 4 nitrogen and oxygen atoms in total. The zero-order valence-electron chi connectivity index (χ0n) is 16.2. The Labute approximate surface area is 171 Å². The van der Waals surface area contributed by atoms with Crippen molar-refractivity contribution in [2.75, 3.05) is 7.11 Å². The summed E-state index contributed by atoms with van der Waals surface area (Å²) in [5, 5.41) is 4.62. The Morgan fingerprint density at radius 3 is 2.37 bits per heavy atom. The fourth-order valence-electron chi connectivity index (χ4n) is 3.23. The van der Waals surface area contributed by atoms with E-state index in [-0.39, 0.29) is 18.4 Å². The van der Waals surface area contributed by atoms with Crippen LogP contribution in [0.15, 0.2) is 66.7 Å². The van der Waals surface area contributed by atoms with Crippen LogP contribution in [0.5, 0.6) is 0 Å². The third kappa shape index (κ3) is 5.37. The SMILES string of the molecule is COC(=O)[C@H](Cc1ccc2ccccc2c1)NC(=O)Cc1cccc(C(F)(F)F)c1. The predicted octanol–water partition coefficient (Wildman–Crippen LogP) is 4.30. The van der Waals surface area contributed by atoms with Crippen LogP contribution >= 0.6 is 0 Å². The molecule has 0 spiro atoms. The molecule has 0 aliphatic carbocycles. The van der Waals surface area contributed by atoms with Gasteiger partial charge in [-0.15, -0.1) is 0 Å². The standard InChI is InChI=1S/C23H20F3NO3/c1-30-22(29)20(13-16-9-10-17-6-2-3-7-18(17)11-16)27-21(28)14-15-5-4-8-19(12-15)23(24,25)26/h2-12,20H,13-14H2,1H3,(H,27,28)/t20-/m0/s1. The Balaban J connectivity index is 1.72. The molecule has 0 saturated heterocycles. The van der Waals surface area contributed by atoms with E-state index in [0.717, 1.165) is 28.5 Å². The summed E-state index contributed by atoms with van der Waals surface area (Å²) in [6.07, 6.45) is -4.57. The molecule has 0 bridgehead atoms. The Hall–Kier alpha value is -3.35. The molecule has 0 unspecified atom stereocenters. The maximum Gasteiger partial charge on any atom is 0.416 e. The number of alkyl halides is 3. The van der Waals surface area contributed by atoms with Gasteiger partial charge in [-0.1, -0.05) is 60.7 Å². The second-order valence-electron chi connectivity index (χ2n) is 6.90. The van der Waals surface area contributed by atoms with Crippen LogP contribution in [0.1, 0.15) is 16.7 Å². The first-order chi connectivity index (χ1) is 14.3. The molecule has 0 saturated carbocycles. The van der Waals surface area contributed by atoms with Crippen molar-refractivity contribution in [1.82, 2.24) is 5.32 Å². The Morgan fingerprint density at radius 2 is 1.67 bits per heavy atom. The summed E-state index contributed by atoms with van der Waals surface area (Å²) in [4.78, 5) is 24.6. The van der Waals surface area contributed by atoms with Crippen molar-refractivity contribution in [3.63, 3.8) is 0 Å². The highest BCUT2D eigenvalue weighted by Gasteiger charge is 2.30. The van der Waals surface area contributed by atoms with Gasteiger partial charge in [-0.05, 0) is 28.0 Å². The fraction of sp³-hybridized carbons (Fsp3) is 0.217. The maximum absolute atomic E-state index is 12.9. The van der Waals surface area contributed by atoms with Gasteiger partial charge in [-0.3, -0.25) is 4.79 Å². The molecule has 0 fully saturated rings. The van der Waals surface area contributed by atoms with Crippen molar-refractivity contribution in [2.45, 2.75) is 25.1 Å². The van der Waals surface area contributed by atoms with Gasteiger partial charge in [0.1, 0.15) is 6.04 Å². The number of amides is 1. The van der Waals surface area contributed by atoms with Gasteiger partial charge in [0.15, 0.2) is 0 Å². The highest BCUT2D eigenvalue weighted by molar-refractivity contribution is 5.86. The van der Waals surface area contributed by atoms with Gasteiger partial charge in [-0.25, -0.2) is 4.79 Å². The molecule has 1 atom stereocenters. The molecule has 3 rings (SSSR count). The van der Waals surface area contributed by atoms with E-state index in [2.05, 4.69) is 5.32 Å². The minimum atomic E-state index is -4.49. The van der Waals surface area contributed by atoms with E-state index in [4.69, 9.17) is 4.74 Å². The van der Waals surface area contributed by atoms with Crippen molar-refractivity contribution in [3.8, 4) is 0 Å². The van der Waals surface area contributed by atoms with Crippen LogP contribution in [0.3, 0.4) is 0 Å². The lowest BCUT2D eigenvalue weighted by Gasteiger charge is -2.17. The van der Waals surface area contributed by atoms with Crippen LogP contribution in [0, 0.1) is 0 Å². The molecular weight excluding hydrogens is 395 g/mol.